The predicted octanol–water partition coefficient (Wildman–Crippen LogP) is 3.52. The molecule has 1 aliphatic carbocycles. The molecule has 0 bridgehead atoms. The van der Waals surface area contributed by atoms with E-state index in [9.17, 15) is 9.59 Å². The summed E-state index contributed by atoms with van der Waals surface area (Å²) in [5.74, 6) is 0.779. The molecule has 0 fully saturated rings. The van der Waals surface area contributed by atoms with Gasteiger partial charge in [-0.3, -0.25) is 9.59 Å². The van der Waals surface area contributed by atoms with Gasteiger partial charge in [0.1, 0.15) is 5.82 Å². The number of carbonyl (C=O) groups excluding carboxylic acids is 2. The Balaban J connectivity index is 1.87. The van der Waals surface area contributed by atoms with E-state index in [0.717, 1.165) is 11.4 Å². The van der Waals surface area contributed by atoms with Gasteiger partial charge in [0.05, 0.1) is 16.8 Å². The van der Waals surface area contributed by atoms with Gasteiger partial charge < -0.3 is 0 Å². The van der Waals surface area contributed by atoms with Crippen LogP contribution in [0.2, 0.25) is 0 Å². The monoisotopic (exact) mass is 368 g/mol. The summed E-state index contributed by atoms with van der Waals surface area (Å²) in [6.45, 7) is 5.64. The number of aryl methyl sites for hydroxylation is 3. The zero-order chi connectivity index (χ0) is 19.6. The molecule has 2 aromatic carbocycles. The standard InChI is InChI=1S/C22H16N4O2/c1-11-10-12(2)26(25-11)22-17-9-8-16-18(19(17)23-13(3)24-22)21(28)15-7-5-4-6-14(15)20(16)27/h4-10H,1-3H3. The van der Waals surface area contributed by atoms with Crippen molar-refractivity contribution in [1.82, 2.24) is 19.7 Å². The van der Waals surface area contributed by atoms with Gasteiger partial charge in [0.25, 0.3) is 0 Å². The summed E-state index contributed by atoms with van der Waals surface area (Å²) in [5, 5.41) is 5.22. The van der Waals surface area contributed by atoms with Crippen LogP contribution in [0.5, 0.6) is 0 Å². The molecule has 0 N–H and O–H groups in total. The van der Waals surface area contributed by atoms with Crippen molar-refractivity contribution in [3.8, 4) is 5.82 Å². The highest BCUT2D eigenvalue weighted by molar-refractivity contribution is 6.31. The fourth-order valence-electron chi connectivity index (χ4n) is 3.87. The van der Waals surface area contributed by atoms with Gasteiger partial charge in [-0.15, -0.1) is 0 Å². The summed E-state index contributed by atoms with van der Waals surface area (Å²) in [5.41, 5.74) is 3.87. The Labute approximate surface area is 160 Å². The van der Waals surface area contributed by atoms with Crippen molar-refractivity contribution < 1.29 is 9.59 Å². The predicted molar refractivity (Wildman–Crippen MR) is 104 cm³/mol. The lowest BCUT2D eigenvalue weighted by Gasteiger charge is -2.19. The molecule has 0 saturated heterocycles. The van der Waals surface area contributed by atoms with Crippen LogP contribution in [0.1, 0.15) is 49.1 Å². The topological polar surface area (TPSA) is 77.7 Å². The van der Waals surface area contributed by atoms with Crippen LogP contribution in [-0.4, -0.2) is 31.3 Å². The van der Waals surface area contributed by atoms with Gasteiger partial charge in [-0.1, -0.05) is 24.3 Å². The number of hydrogen-bond acceptors (Lipinski definition) is 5. The molecule has 28 heavy (non-hydrogen) atoms. The Hall–Kier alpha value is -3.67. The molecular formula is C22H16N4O2. The van der Waals surface area contributed by atoms with Crippen LogP contribution in [0.15, 0.2) is 42.5 Å². The second kappa shape index (κ2) is 5.66. The van der Waals surface area contributed by atoms with Gasteiger partial charge in [-0.25, -0.2) is 14.6 Å². The minimum absolute atomic E-state index is 0.156. The maximum absolute atomic E-state index is 13.3. The van der Waals surface area contributed by atoms with E-state index in [1.54, 1.807) is 48.0 Å². The molecule has 0 aliphatic heterocycles. The number of nitrogens with zero attached hydrogens (tertiary/aromatic N) is 4. The van der Waals surface area contributed by atoms with Crippen LogP contribution in [0.3, 0.4) is 0 Å². The largest absolute Gasteiger partial charge is 0.289 e. The molecule has 0 spiro atoms. The number of ketones is 2. The van der Waals surface area contributed by atoms with Gasteiger partial charge >= 0.3 is 0 Å². The van der Waals surface area contributed by atoms with Gasteiger partial charge in [0.2, 0.25) is 0 Å². The first-order valence-electron chi connectivity index (χ1n) is 8.99. The minimum atomic E-state index is -0.187. The summed E-state index contributed by atoms with van der Waals surface area (Å²) >= 11 is 0. The highest BCUT2D eigenvalue weighted by Crippen LogP contribution is 2.33. The molecule has 2 aromatic heterocycles. The van der Waals surface area contributed by atoms with Crippen LogP contribution in [0.25, 0.3) is 16.7 Å². The lowest BCUT2D eigenvalue weighted by molar-refractivity contribution is 0.0980. The SMILES string of the molecule is Cc1cc(C)n(-c2nc(C)nc3c4c(ccc23)C(=O)c2ccccc2C4=O)n1. The lowest BCUT2D eigenvalue weighted by Crippen LogP contribution is -2.22. The van der Waals surface area contributed by atoms with Crippen molar-refractivity contribution in [2.45, 2.75) is 20.8 Å². The zero-order valence-electron chi connectivity index (χ0n) is 15.6. The molecule has 136 valence electrons. The molecule has 6 heteroatoms. The summed E-state index contributed by atoms with van der Waals surface area (Å²) < 4.78 is 1.75. The van der Waals surface area contributed by atoms with E-state index in [-0.39, 0.29) is 11.6 Å². The Bertz CT molecular complexity index is 1330. The van der Waals surface area contributed by atoms with E-state index in [1.807, 2.05) is 19.9 Å². The first kappa shape index (κ1) is 16.5. The Kier molecular flexibility index (Phi) is 3.34. The summed E-state index contributed by atoms with van der Waals surface area (Å²) in [6.07, 6.45) is 0. The van der Waals surface area contributed by atoms with Crippen LogP contribution in [0, 0.1) is 20.8 Å². The first-order chi connectivity index (χ1) is 13.5. The smallest absolute Gasteiger partial charge is 0.196 e. The molecule has 1 aliphatic rings. The quantitative estimate of drug-likeness (QED) is 0.452. The lowest BCUT2D eigenvalue weighted by atomic mass is 9.83. The summed E-state index contributed by atoms with van der Waals surface area (Å²) in [7, 11) is 0. The van der Waals surface area contributed by atoms with Crippen molar-refractivity contribution in [3.63, 3.8) is 0 Å². The Morgan fingerprint density at radius 3 is 2.21 bits per heavy atom. The van der Waals surface area contributed by atoms with Gasteiger partial charge in [-0.05, 0) is 39.0 Å². The number of fused-ring (bicyclic) bond motifs is 4. The van der Waals surface area contributed by atoms with Crippen molar-refractivity contribution in [2.75, 3.05) is 0 Å². The molecule has 5 rings (SSSR count). The number of aromatic nitrogens is 4. The van der Waals surface area contributed by atoms with Gasteiger partial charge in [0, 0.05) is 27.8 Å². The van der Waals surface area contributed by atoms with Crippen LogP contribution in [0.4, 0.5) is 0 Å². The molecule has 0 amide bonds. The van der Waals surface area contributed by atoms with Gasteiger partial charge in [-0.2, -0.15) is 5.10 Å². The summed E-state index contributed by atoms with van der Waals surface area (Å²) in [6, 6.07) is 12.4. The highest BCUT2D eigenvalue weighted by Gasteiger charge is 2.32. The van der Waals surface area contributed by atoms with E-state index < -0.39 is 0 Å². The van der Waals surface area contributed by atoms with Crippen molar-refractivity contribution >= 4 is 22.5 Å². The molecular weight excluding hydrogens is 352 g/mol. The van der Waals surface area contributed by atoms with Crippen LogP contribution >= 0.6 is 0 Å². The van der Waals surface area contributed by atoms with Crippen molar-refractivity contribution in [2.24, 2.45) is 0 Å². The number of benzene rings is 2. The Morgan fingerprint density at radius 2 is 1.54 bits per heavy atom. The van der Waals surface area contributed by atoms with E-state index in [1.165, 1.54) is 0 Å². The number of rotatable bonds is 1. The van der Waals surface area contributed by atoms with Crippen molar-refractivity contribution in [3.05, 3.63) is 81.9 Å². The molecule has 6 nitrogen and oxygen atoms in total. The van der Waals surface area contributed by atoms with Crippen LogP contribution in [-0.2, 0) is 0 Å². The third-order valence-corrected chi connectivity index (χ3v) is 5.06. The number of carbonyl (C=O) groups is 2. The Morgan fingerprint density at radius 1 is 0.821 bits per heavy atom. The fraction of sp³-hybridized carbons (Fsp3) is 0.136. The maximum atomic E-state index is 13.3. The second-order valence-corrected chi connectivity index (χ2v) is 7.02. The number of hydrogen-bond donors (Lipinski definition) is 0. The molecule has 0 radical (unpaired) electrons. The highest BCUT2D eigenvalue weighted by atomic mass is 16.1. The zero-order valence-corrected chi connectivity index (χ0v) is 15.6. The average Bonchev–Trinajstić information content (AvgIpc) is 3.02. The molecule has 4 aromatic rings. The summed E-state index contributed by atoms with van der Waals surface area (Å²) in [4.78, 5) is 35.4. The van der Waals surface area contributed by atoms with Crippen LogP contribution < -0.4 is 0 Å². The normalized spacial score (nSPS) is 13.0. The van der Waals surface area contributed by atoms with E-state index in [2.05, 4.69) is 15.1 Å². The second-order valence-electron chi connectivity index (χ2n) is 7.02. The fourth-order valence-corrected chi connectivity index (χ4v) is 3.87. The third kappa shape index (κ3) is 2.18. The molecule has 2 heterocycles. The average molecular weight is 368 g/mol. The molecule has 0 unspecified atom stereocenters. The molecule has 0 saturated carbocycles. The van der Waals surface area contributed by atoms with Gasteiger partial charge in [0.15, 0.2) is 17.4 Å². The van der Waals surface area contributed by atoms with E-state index >= 15 is 0 Å². The third-order valence-electron chi connectivity index (χ3n) is 5.06. The molecule has 0 atom stereocenters. The first-order valence-corrected chi connectivity index (χ1v) is 8.99. The minimum Gasteiger partial charge on any atom is -0.289 e. The van der Waals surface area contributed by atoms with E-state index in [0.29, 0.717) is 44.8 Å². The maximum Gasteiger partial charge on any atom is 0.196 e. The van der Waals surface area contributed by atoms with E-state index in [4.69, 9.17) is 0 Å². The van der Waals surface area contributed by atoms with Crippen molar-refractivity contribution in [1.29, 1.82) is 0 Å².